The molecule has 10 heteroatoms. The van der Waals surface area contributed by atoms with Gasteiger partial charge in [0.2, 0.25) is 5.89 Å². The summed E-state index contributed by atoms with van der Waals surface area (Å²) in [5.41, 5.74) is 12.3. The average Bonchev–Trinajstić information content (AvgIpc) is 3.75. The fourth-order valence-electron chi connectivity index (χ4n) is 5.74. The minimum Gasteiger partial charge on any atom is -0.409 e. The molecule has 10 nitrogen and oxygen atoms in total. The lowest BCUT2D eigenvalue weighted by molar-refractivity contribution is 0.314. The van der Waals surface area contributed by atoms with E-state index in [-0.39, 0.29) is 28.5 Å². The second-order valence-electron chi connectivity index (χ2n) is 14.9. The molecule has 0 amide bonds. The fraction of sp³-hybridized carbons (Fsp3) is 0.447. The molecule has 0 saturated carbocycles. The van der Waals surface area contributed by atoms with E-state index >= 15 is 0 Å². The number of hydrogen-bond acceptors (Lipinski definition) is 7. The molecule has 0 radical (unpaired) electrons. The molecule has 256 valence electrons. The maximum absolute atomic E-state index is 8.72. The van der Waals surface area contributed by atoms with Gasteiger partial charge in [-0.2, -0.15) is 4.98 Å². The quantitative estimate of drug-likeness (QED) is 0.0758. The summed E-state index contributed by atoms with van der Waals surface area (Å²) < 4.78 is 9.27. The smallest absolute Gasteiger partial charge is 0.223 e. The zero-order chi connectivity index (χ0) is 35.4. The van der Waals surface area contributed by atoms with E-state index in [1.165, 1.54) is 5.56 Å². The molecule has 0 unspecified atom stereocenters. The van der Waals surface area contributed by atoms with E-state index in [0.717, 1.165) is 58.4 Å². The number of aromatic nitrogens is 6. The van der Waals surface area contributed by atoms with Crippen LogP contribution in [-0.2, 0) is 37.8 Å². The van der Waals surface area contributed by atoms with Gasteiger partial charge in [0, 0.05) is 67.2 Å². The Balaban J connectivity index is 0.000000218. The number of rotatable bonds is 8. The molecule has 5 rings (SSSR count). The van der Waals surface area contributed by atoms with Crippen LogP contribution in [0.15, 0.2) is 70.6 Å². The fourth-order valence-corrected chi connectivity index (χ4v) is 5.74. The van der Waals surface area contributed by atoms with Gasteiger partial charge in [-0.1, -0.05) is 114 Å². The number of nitrogens with zero attached hydrogens (tertiary/aromatic N) is 7. The predicted octanol–water partition coefficient (Wildman–Crippen LogP) is 7.73. The van der Waals surface area contributed by atoms with Gasteiger partial charge in [-0.15, -0.1) is 0 Å². The molecular formula is C38H52N8O2. The van der Waals surface area contributed by atoms with Crippen LogP contribution in [0.5, 0.6) is 0 Å². The van der Waals surface area contributed by atoms with Gasteiger partial charge < -0.3 is 24.6 Å². The number of oxime groups is 1. The zero-order valence-electron chi connectivity index (χ0n) is 30.4. The van der Waals surface area contributed by atoms with Crippen LogP contribution >= 0.6 is 0 Å². The van der Waals surface area contributed by atoms with Crippen LogP contribution in [0, 0.1) is 12.8 Å². The van der Waals surface area contributed by atoms with Crippen LogP contribution in [0.4, 0.5) is 0 Å². The monoisotopic (exact) mass is 652 g/mol. The van der Waals surface area contributed by atoms with Gasteiger partial charge in [-0.3, -0.25) is 0 Å². The predicted molar refractivity (Wildman–Crippen MR) is 192 cm³/mol. The Kier molecular flexibility index (Phi) is 11.0. The van der Waals surface area contributed by atoms with Gasteiger partial charge >= 0.3 is 0 Å². The van der Waals surface area contributed by atoms with E-state index in [1.807, 2.05) is 20.9 Å². The van der Waals surface area contributed by atoms with Crippen LogP contribution in [0.2, 0.25) is 0 Å². The number of benzene rings is 2. The van der Waals surface area contributed by atoms with Crippen molar-refractivity contribution in [3.63, 3.8) is 0 Å². The molecule has 0 aliphatic carbocycles. The third-order valence-corrected chi connectivity index (χ3v) is 8.28. The Labute approximate surface area is 285 Å². The first-order valence-corrected chi connectivity index (χ1v) is 16.5. The number of imidazole rings is 2. The van der Waals surface area contributed by atoms with Crippen molar-refractivity contribution in [3.8, 4) is 22.5 Å². The number of hydrogen-bond donors (Lipinski definition) is 2. The van der Waals surface area contributed by atoms with Gasteiger partial charge in [0.05, 0.1) is 11.4 Å². The second kappa shape index (κ2) is 14.6. The molecule has 0 spiro atoms. The molecule has 0 fully saturated rings. The van der Waals surface area contributed by atoms with E-state index in [2.05, 4.69) is 141 Å². The summed E-state index contributed by atoms with van der Waals surface area (Å²) in [5.74, 6) is 4.03. The number of nitrogens with two attached hydrogens (primary N) is 1. The Morgan fingerprint density at radius 2 is 1.21 bits per heavy atom. The molecule has 3 heterocycles. The highest BCUT2D eigenvalue weighted by atomic mass is 16.5. The van der Waals surface area contributed by atoms with Crippen molar-refractivity contribution in [2.24, 2.45) is 30.9 Å². The standard InChI is InChI=1S/C20H26N4O.C18H26N4O/c1-13(18-21-14(2)25-23-18)11-15-7-9-16(10-8-15)17-12-24(6)19(22-17)20(3,4)5;1-12(16(19)21-23)10-13-6-8-14(9-7-13)15-11-22(5)17(20-15)18(2,3)4/h7-10,12-13H,11H2,1-6H3;6-9,11-12,23H,10H2,1-5H3,(H2,19,21)/t13-;12-/m00/s1. The van der Waals surface area contributed by atoms with Crippen LogP contribution < -0.4 is 5.73 Å². The molecule has 3 aromatic heterocycles. The first kappa shape index (κ1) is 36.1. The highest BCUT2D eigenvalue weighted by molar-refractivity contribution is 5.82. The van der Waals surface area contributed by atoms with E-state index in [4.69, 9.17) is 25.4 Å². The Morgan fingerprint density at radius 1 is 0.771 bits per heavy atom. The molecule has 3 N–H and O–H groups in total. The molecular weight excluding hydrogens is 600 g/mol. The lowest BCUT2D eigenvalue weighted by Crippen LogP contribution is -2.22. The molecule has 0 aliphatic heterocycles. The minimum absolute atomic E-state index is 0.00759. The summed E-state index contributed by atoms with van der Waals surface area (Å²) in [6.07, 6.45) is 5.79. The Hall–Kier alpha value is -4.73. The van der Waals surface area contributed by atoms with Crippen molar-refractivity contribution >= 4 is 5.84 Å². The normalized spacial score (nSPS) is 13.6. The molecule has 5 aromatic rings. The molecule has 48 heavy (non-hydrogen) atoms. The van der Waals surface area contributed by atoms with E-state index in [9.17, 15) is 0 Å². The summed E-state index contributed by atoms with van der Waals surface area (Å²) in [4.78, 5) is 13.9. The summed E-state index contributed by atoms with van der Waals surface area (Å²) >= 11 is 0. The van der Waals surface area contributed by atoms with Gasteiger partial charge in [0.15, 0.2) is 5.82 Å². The van der Waals surface area contributed by atoms with Gasteiger partial charge in [0.25, 0.3) is 0 Å². The van der Waals surface area contributed by atoms with E-state index < -0.39 is 0 Å². The summed E-state index contributed by atoms with van der Waals surface area (Å²) in [6.45, 7) is 18.9. The maximum Gasteiger partial charge on any atom is 0.223 e. The van der Waals surface area contributed by atoms with Crippen molar-refractivity contribution in [2.45, 2.75) is 91.9 Å². The topological polar surface area (TPSA) is 133 Å². The summed E-state index contributed by atoms with van der Waals surface area (Å²) in [5, 5.41) is 15.8. The molecule has 2 aromatic carbocycles. The first-order valence-electron chi connectivity index (χ1n) is 16.5. The zero-order valence-corrected chi connectivity index (χ0v) is 30.4. The van der Waals surface area contributed by atoms with Crippen LogP contribution in [0.3, 0.4) is 0 Å². The van der Waals surface area contributed by atoms with Crippen molar-refractivity contribution in [3.05, 3.63) is 95.4 Å². The molecule has 0 aliphatic rings. The first-order chi connectivity index (χ1) is 22.5. The van der Waals surface area contributed by atoms with Crippen LogP contribution in [-0.4, -0.2) is 40.3 Å². The van der Waals surface area contributed by atoms with Crippen molar-refractivity contribution in [1.82, 2.24) is 29.2 Å². The van der Waals surface area contributed by atoms with Gasteiger partial charge in [0.1, 0.15) is 17.5 Å². The minimum atomic E-state index is 0.00759. The Bertz CT molecular complexity index is 1810. The second-order valence-corrected chi connectivity index (χ2v) is 14.9. The van der Waals surface area contributed by atoms with Gasteiger partial charge in [-0.05, 0) is 24.0 Å². The van der Waals surface area contributed by atoms with E-state index in [0.29, 0.717) is 5.89 Å². The van der Waals surface area contributed by atoms with Crippen LogP contribution in [0.1, 0.15) is 95.8 Å². The van der Waals surface area contributed by atoms with Crippen molar-refractivity contribution < 1.29 is 9.73 Å². The maximum atomic E-state index is 8.72. The largest absolute Gasteiger partial charge is 0.409 e. The van der Waals surface area contributed by atoms with Crippen molar-refractivity contribution in [2.75, 3.05) is 0 Å². The molecule has 0 saturated heterocycles. The lowest BCUT2D eigenvalue weighted by atomic mass is 9.96. The summed E-state index contributed by atoms with van der Waals surface area (Å²) in [6, 6.07) is 16.9. The average molecular weight is 653 g/mol. The molecule has 0 bridgehead atoms. The van der Waals surface area contributed by atoms with Gasteiger partial charge in [-0.25, -0.2) is 9.97 Å². The third kappa shape index (κ3) is 8.99. The highest BCUT2D eigenvalue weighted by Crippen LogP contribution is 2.28. The summed E-state index contributed by atoms with van der Waals surface area (Å²) in [7, 11) is 4.09. The number of aryl methyl sites for hydroxylation is 3. The lowest BCUT2D eigenvalue weighted by Gasteiger charge is -2.17. The molecule has 2 atom stereocenters. The van der Waals surface area contributed by atoms with E-state index in [1.54, 1.807) is 0 Å². The number of amidine groups is 1. The van der Waals surface area contributed by atoms with Crippen LogP contribution in [0.25, 0.3) is 22.5 Å². The third-order valence-electron chi connectivity index (χ3n) is 8.28. The SMILES string of the molecule is C[C@@H](Cc1ccc(-c2cn(C)c(C(C)(C)C)n2)cc1)C(N)=NO.Cc1nc([C@@H](C)Cc2ccc(-c3cn(C)c(C(C)(C)C)n3)cc2)no1. The highest BCUT2D eigenvalue weighted by Gasteiger charge is 2.22. The van der Waals surface area contributed by atoms with Crippen molar-refractivity contribution in [1.29, 1.82) is 0 Å². The Morgan fingerprint density at radius 3 is 1.56 bits per heavy atom.